The van der Waals surface area contributed by atoms with Gasteiger partial charge in [-0.2, -0.15) is 4.91 Å². The molecule has 0 saturated heterocycles. The summed E-state index contributed by atoms with van der Waals surface area (Å²) in [6, 6.07) is 5.72. The standard InChI is InChI=1S/C20H27N3O5/c1-4-23(2)18(24)12-7-5-6-9-15-10-8-11-16(13-15)19(25)22-17(14-21-27)20(26)28-3/h6,8-11,13,17H,4-5,7,12,14H2,1-3H3,(H,22,25)/b9-6-. The summed E-state index contributed by atoms with van der Waals surface area (Å²) in [4.78, 5) is 47.7. The van der Waals surface area contributed by atoms with Crippen LogP contribution in [-0.2, 0) is 14.3 Å². The normalized spacial score (nSPS) is 11.7. The van der Waals surface area contributed by atoms with Crippen LogP contribution in [0.1, 0.15) is 42.1 Å². The molecule has 1 atom stereocenters. The zero-order valence-electron chi connectivity index (χ0n) is 16.5. The van der Waals surface area contributed by atoms with Gasteiger partial charge < -0.3 is 15.0 Å². The maximum absolute atomic E-state index is 12.3. The van der Waals surface area contributed by atoms with Crippen molar-refractivity contribution in [2.45, 2.75) is 32.2 Å². The Hall–Kier alpha value is -3.03. The van der Waals surface area contributed by atoms with E-state index < -0.39 is 24.5 Å². The lowest BCUT2D eigenvalue weighted by molar-refractivity contribution is -0.142. The number of unbranched alkanes of at least 4 members (excludes halogenated alkanes) is 1. The number of carbonyl (C=O) groups is 3. The molecule has 152 valence electrons. The van der Waals surface area contributed by atoms with Gasteiger partial charge in [-0.3, -0.25) is 9.59 Å². The molecule has 1 rings (SSSR count). The summed E-state index contributed by atoms with van der Waals surface area (Å²) >= 11 is 0. The van der Waals surface area contributed by atoms with Gasteiger partial charge in [0.1, 0.15) is 6.54 Å². The van der Waals surface area contributed by atoms with Crippen molar-refractivity contribution in [1.29, 1.82) is 0 Å². The number of methoxy groups -OCH3 is 1. The van der Waals surface area contributed by atoms with Crippen LogP contribution in [0.25, 0.3) is 6.08 Å². The molecule has 0 aromatic heterocycles. The lowest BCUT2D eigenvalue weighted by Crippen LogP contribution is -2.43. The minimum atomic E-state index is -1.12. The molecule has 0 spiro atoms. The molecule has 2 amide bonds. The maximum atomic E-state index is 12.3. The molecule has 0 radical (unpaired) electrons. The van der Waals surface area contributed by atoms with Crippen LogP contribution in [0.5, 0.6) is 0 Å². The van der Waals surface area contributed by atoms with Crippen LogP contribution in [0, 0.1) is 4.91 Å². The summed E-state index contributed by atoms with van der Waals surface area (Å²) in [5.41, 5.74) is 1.16. The molecule has 1 N–H and O–H groups in total. The molecule has 8 heteroatoms. The number of hydrogen-bond acceptors (Lipinski definition) is 6. The quantitative estimate of drug-likeness (QED) is 0.355. The lowest BCUT2D eigenvalue weighted by Gasteiger charge is -2.13. The highest BCUT2D eigenvalue weighted by atomic mass is 16.5. The van der Waals surface area contributed by atoms with Crippen molar-refractivity contribution in [2.75, 3.05) is 27.2 Å². The van der Waals surface area contributed by atoms with Crippen molar-refractivity contribution in [3.63, 3.8) is 0 Å². The third-order valence-electron chi connectivity index (χ3n) is 4.17. The predicted molar refractivity (Wildman–Crippen MR) is 107 cm³/mol. The van der Waals surface area contributed by atoms with Crippen LogP contribution in [0.4, 0.5) is 0 Å². The van der Waals surface area contributed by atoms with Crippen LogP contribution >= 0.6 is 0 Å². The molecule has 0 aliphatic carbocycles. The zero-order valence-corrected chi connectivity index (χ0v) is 16.5. The third-order valence-corrected chi connectivity index (χ3v) is 4.17. The molecule has 8 nitrogen and oxygen atoms in total. The highest BCUT2D eigenvalue weighted by molar-refractivity contribution is 5.97. The Morgan fingerprint density at radius 3 is 2.71 bits per heavy atom. The van der Waals surface area contributed by atoms with Crippen LogP contribution in [0.3, 0.4) is 0 Å². The molecule has 0 fully saturated rings. The molecule has 1 aromatic rings. The molecular formula is C20H27N3O5. The first kappa shape index (κ1) is 23.0. The fraction of sp³-hybridized carbons (Fsp3) is 0.450. The van der Waals surface area contributed by atoms with E-state index in [1.165, 1.54) is 7.11 Å². The highest BCUT2D eigenvalue weighted by Crippen LogP contribution is 2.10. The highest BCUT2D eigenvalue weighted by Gasteiger charge is 2.22. The number of rotatable bonds is 11. The van der Waals surface area contributed by atoms with Crippen molar-refractivity contribution < 1.29 is 19.1 Å². The number of allylic oxidation sites excluding steroid dienone is 1. The third kappa shape index (κ3) is 7.69. The predicted octanol–water partition coefficient (Wildman–Crippen LogP) is 2.39. The van der Waals surface area contributed by atoms with Crippen molar-refractivity contribution in [1.82, 2.24) is 10.2 Å². The van der Waals surface area contributed by atoms with E-state index in [0.29, 0.717) is 18.5 Å². The number of nitrogens with one attached hydrogen (secondary N) is 1. The van der Waals surface area contributed by atoms with Crippen molar-refractivity contribution >= 4 is 23.9 Å². The largest absolute Gasteiger partial charge is 0.467 e. The van der Waals surface area contributed by atoms with E-state index in [0.717, 1.165) is 18.4 Å². The number of nitroso groups, excluding NO2 is 1. The van der Waals surface area contributed by atoms with E-state index in [-0.39, 0.29) is 5.91 Å². The monoisotopic (exact) mass is 389 g/mol. The smallest absolute Gasteiger partial charge is 0.330 e. The van der Waals surface area contributed by atoms with E-state index in [2.05, 4.69) is 15.2 Å². The van der Waals surface area contributed by atoms with E-state index in [1.54, 1.807) is 30.1 Å². The van der Waals surface area contributed by atoms with E-state index >= 15 is 0 Å². The molecule has 1 unspecified atom stereocenters. The second kappa shape index (κ2) is 12.4. The zero-order chi connectivity index (χ0) is 20.9. The average molecular weight is 389 g/mol. The molecule has 1 aromatic carbocycles. The molecular weight excluding hydrogens is 362 g/mol. The van der Waals surface area contributed by atoms with Gasteiger partial charge in [0, 0.05) is 25.6 Å². The number of ether oxygens (including phenoxy) is 1. The molecule has 0 bridgehead atoms. The number of nitrogens with zero attached hydrogens (tertiary/aromatic N) is 2. The Kier molecular flexibility index (Phi) is 10.2. The Bertz CT molecular complexity index is 718. The number of benzene rings is 1. The minimum Gasteiger partial charge on any atom is -0.467 e. The van der Waals surface area contributed by atoms with Crippen molar-refractivity contribution in [2.24, 2.45) is 5.18 Å². The summed E-state index contributed by atoms with van der Waals surface area (Å²) in [5.74, 6) is -1.10. The number of carbonyl (C=O) groups excluding carboxylic acids is 3. The topological polar surface area (TPSA) is 105 Å². The van der Waals surface area contributed by atoms with Gasteiger partial charge in [-0.15, -0.1) is 0 Å². The van der Waals surface area contributed by atoms with E-state index in [4.69, 9.17) is 0 Å². The van der Waals surface area contributed by atoms with Crippen molar-refractivity contribution in [3.8, 4) is 0 Å². The summed E-state index contributed by atoms with van der Waals surface area (Å²) in [7, 11) is 2.95. The summed E-state index contributed by atoms with van der Waals surface area (Å²) in [6.07, 6.45) is 5.81. The number of esters is 1. The first-order valence-corrected chi connectivity index (χ1v) is 9.11. The Morgan fingerprint density at radius 2 is 2.07 bits per heavy atom. The van der Waals surface area contributed by atoms with Gasteiger partial charge >= 0.3 is 5.97 Å². The van der Waals surface area contributed by atoms with Gasteiger partial charge in [-0.1, -0.05) is 29.5 Å². The molecule has 28 heavy (non-hydrogen) atoms. The molecule has 0 aliphatic rings. The Morgan fingerprint density at radius 1 is 1.32 bits per heavy atom. The van der Waals surface area contributed by atoms with E-state index in [9.17, 15) is 19.3 Å². The number of hydrogen-bond donors (Lipinski definition) is 1. The van der Waals surface area contributed by atoms with Crippen LogP contribution in [-0.4, -0.2) is 56.0 Å². The molecule has 0 heterocycles. The van der Waals surface area contributed by atoms with Gasteiger partial charge in [0.25, 0.3) is 5.91 Å². The maximum Gasteiger partial charge on any atom is 0.330 e. The van der Waals surface area contributed by atoms with Gasteiger partial charge in [-0.05, 0) is 37.5 Å². The second-order valence-corrected chi connectivity index (χ2v) is 6.19. The minimum absolute atomic E-state index is 0.125. The average Bonchev–Trinajstić information content (AvgIpc) is 2.71. The first-order chi connectivity index (χ1) is 13.4. The van der Waals surface area contributed by atoms with Gasteiger partial charge in [-0.25, -0.2) is 4.79 Å². The van der Waals surface area contributed by atoms with Crippen LogP contribution < -0.4 is 5.32 Å². The SMILES string of the molecule is CCN(C)C(=O)CCC/C=C\c1cccc(C(=O)NC(CN=O)C(=O)OC)c1. The van der Waals surface area contributed by atoms with Gasteiger partial charge in [0.15, 0.2) is 6.04 Å². The van der Waals surface area contributed by atoms with Crippen LogP contribution in [0.2, 0.25) is 0 Å². The van der Waals surface area contributed by atoms with E-state index in [1.807, 2.05) is 25.1 Å². The van der Waals surface area contributed by atoms with Gasteiger partial charge in [0.05, 0.1) is 7.11 Å². The summed E-state index contributed by atoms with van der Waals surface area (Å²) < 4.78 is 4.55. The number of amides is 2. The summed E-state index contributed by atoms with van der Waals surface area (Å²) in [6.45, 7) is 2.23. The van der Waals surface area contributed by atoms with Crippen molar-refractivity contribution in [3.05, 3.63) is 46.4 Å². The van der Waals surface area contributed by atoms with Crippen LogP contribution in [0.15, 0.2) is 35.5 Å². The molecule has 0 saturated carbocycles. The Balaban J connectivity index is 2.63. The summed E-state index contributed by atoms with van der Waals surface area (Å²) in [5, 5.41) is 5.10. The molecule has 0 aliphatic heterocycles. The van der Waals surface area contributed by atoms with Gasteiger partial charge in [0.2, 0.25) is 5.91 Å². The second-order valence-electron chi connectivity index (χ2n) is 6.19. The lowest BCUT2D eigenvalue weighted by atomic mass is 10.1. The fourth-order valence-corrected chi connectivity index (χ4v) is 2.38. The Labute approximate surface area is 164 Å². The fourth-order valence-electron chi connectivity index (χ4n) is 2.38. The first-order valence-electron chi connectivity index (χ1n) is 9.11.